The summed E-state index contributed by atoms with van der Waals surface area (Å²) < 4.78 is 54.8. The van der Waals surface area contributed by atoms with Crippen molar-refractivity contribution >= 4 is 0 Å². The van der Waals surface area contributed by atoms with E-state index < -0.39 is 17.5 Å². The van der Waals surface area contributed by atoms with Gasteiger partial charge in [-0.1, -0.05) is 81.2 Å². The van der Waals surface area contributed by atoms with Crippen molar-refractivity contribution in [3.8, 4) is 39.8 Å². The van der Waals surface area contributed by atoms with Gasteiger partial charge in [-0.25, -0.2) is 8.78 Å². The Balaban J connectivity index is 1.35. The van der Waals surface area contributed by atoms with Crippen LogP contribution in [0.5, 0.6) is 5.75 Å². The summed E-state index contributed by atoms with van der Waals surface area (Å²) in [6.45, 7) is 4.93. The molecule has 5 heteroatoms. The number of hydrogen-bond donors (Lipinski definition) is 0. The molecule has 0 saturated carbocycles. The summed E-state index contributed by atoms with van der Waals surface area (Å²) in [5, 5.41) is 0. The van der Waals surface area contributed by atoms with Gasteiger partial charge in [-0.15, -0.1) is 0 Å². The van der Waals surface area contributed by atoms with Crippen LogP contribution in [0.4, 0.5) is 13.2 Å². The molecule has 1 aliphatic rings. The second-order valence-electron chi connectivity index (χ2n) is 10.2. The molecule has 2 nitrogen and oxygen atoms in total. The molecule has 0 N–H and O–H groups in total. The molecule has 39 heavy (non-hydrogen) atoms. The highest BCUT2D eigenvalue weighted by molar-refractivity contribution is 5.71. The highest BCUT2D eigenvalue weighted by Gasteiger charge is 2.20. The van der Waals surface area contributed by atoms with Crippen LogP contribution in [0.25, 0.3) is 22.3 Å². The van der Waals surface area contributed by atoms with Crippen LogP contribution in [-0.4, -0.2) is 19.3 Å². The van der Waals surface area contributed by atoms with Gasteiger partial charge in [0.1, 0.15) is 11.9 Å². The molecule has 2 atom stereocenters. The van der Waals surface area contributed by atoms with Crippen LogP contribution in [0, 0.1) is 35.2 Å². The van der Waals surface area contributed by atoms with Crippen LogP contribution in [0.15, 0.2) is 54.6 Å². The van der Waals surface area contributed by atoms with Gasteiger partial charge in [0.25, 0.3) is 0 Å². The Labute approximate surface area is 230 Å². The first-order valence-electron chi connectivity index (χ1n) is 14.1. The standard InChI is InChI=1S/C34H37F3O2/c1-3-5-6-7-8-9-24-10-18-29(39-23-24)19-17-27-15-16-28(22-31(27)35)25-11-13-26(14-12-25)30-20-21-32(38-4-2)34(37)33(30)36/h11-16,20-22,24,29H,3-10,18,23H2,1-2H3/t24?,29-/m1/s1. The maximum absolute atomic E-state index is 14.9. The van der Waals surface area contributed by atoms with Crippen molar-refractivity contribution in [2.75, 3.05) is 13.2 Å². The Kier molecular flexibility index (Phi) is 10.5. The minimum absolute atomic E-state index is 0.110. The van der Waals surface area contributed by atoms with Gasteiger partial charge in [0.15, 0.2) is 11.6 Å². The summed E-state index contributed by atoms with van der Waals surface area (Å²) in [5.41, 5.74) is 2.44. The molecule has 1 saturated heterocycles. The van der Waals surface area contributed by atoms with E-state index in [4.69, 9.17) is 9.47 Å². The number of hydrogen-bond acceptors (Lipinski definition) is 2. The maximum Gasteiger partial charge on any atom is 0.201 e. The van der Waals surface area contributed by atoms with E-state index in [1.165, 1.54) is 56.7 Å². The van der Waals surface area contributed by atoms with Gasteiger partial charge in [0, 0.05) is 5.56 Å². The molecule has 1 aliphatic heterocycles. The average Bonchev–Trinajstić information content (AvgIpc) is 2.96. The van der Waals surface area contributed by atoms with Crippen LogP contribution in [-0.2, 0) is 4.74 Å². The van der Waals surface area contributed by atoms with Crippen LogP contribution >= 0.6 is 0 Å². The molecule has 0 bridgehead atoms. The van der Waals surface area contributed by atoms with E-state index in [0.717, 1.165) is 25.0 Å². The molecule has 3 aromatic rings. The topological polar surface area (TPSA) is 18.5 Å². The van der Waals surface area contributed by atoms with E-state index in [2.05, 4.69) is 18.8 Å². The quantitative estimate of drug-likeness (QED) is 0.191. The lowest BCUT2D eigenvalue weighted by atomic mass is 9.93. The van der Waals surface area contributed by atoms with E-state index in [9.17, 15) is 13.2 Å². The molecule has 0 aliphatic carbocycles. The maximum atomic E-state index is 14.9. The summed E-state index contributed by atoms with van der Waals surface area (Å²) >= 11 is 0. The number of halogens is 3. The molecule has 4 rings (SSSR count). The van der Waals surface area contributed by atoms with E-state index in [-0.39, 0.29) is 24.0 Å². The van der Waals surface area contributed by atoms with Crippen molar-refractivity contribution < 1.29 is 22.6 Å². The van der Waals surface area contributed by atoms with E-state index in [1.54, 1.807) is 37.3 Å². The van der Waals surface area contributed by atoms with Crippen molar-refractivity contribution in [1.29, 1.82) is 0 Å². The summed E-state index contributed by atoms with van der Waals surface area (Å²) in [4.78, 5) is 0. The molecule has 1 fully saturated rings. The van der Waals surface area contributed by atoms with Crippen LogP contribution in [0.2, 0.25) is 0 Å². The summed E-state index contributed by atoms with van der Waals surface area (Å²) in [7, 11) is 0. The molecule has 1 unspecified atom stereocenters. The lowest BCUT2D eigenvalue weighted by Gasteiger charge is -2.26. The molecule has 3 aromatic carbocycles. The monoisotopic (exact) mass is 534 g/mol. The van der Waals surface area contributed by atoms with Crippen molar-refractivity contribution in [2.24, 2.45) is 5.92 Å². The van der Waals surface area contributed by atoms with Gasteiger partial charge in [0.2, 0.25) is 5.82 Å². The summed E-state index contributed by atoms with van der Waals surface area (Å²) in [5.74, 6) is 4.20. The van der Waals surface area contributed by atoms with Crippen molar-refractivity contribution in [1.82, 2.24) is 0 Å². The Hall–Kier alpha value is -3.23. The number of unbranched alkanes of at least 4 members (excludes halogenated alkanes) is 4. The molecule has 206 valence electrons. The van der Waals surface area contributed by atoms with E-state index in [1.807, 2.05) is 6.07 Å². The highest BCUT2D eigenvalue weighted by Crippen LogP contribution is 2.32. The fourth-order valence-corrected chi connectivity index (χ4v) is 5.00. The second kappa shape index (κ2) is 14.2. The number of rotatable bonds is 10. The number of benzene rings is 3. The van der Waals surface area contributed by atoms with Gasteiger partial charge in [-0.3, -0.25) is 0 Å². The molecular weight excluding hydrogens is 497 g/mol. The third kappa shape index (κ3) is 7.67. The van der Waals surface area contributed by atoms with Crippen LogP contribution in [0.1, 0.15) is 70.8 Å². The van der Waals surface area contributed by atoms with Crippen molar-refractivity contribution in [3.63, 3.8) is 0 Å². The van der Waals surface area contributed by atoms with E-state index >= 15 is 0 Å². The summed E-state index contributed by atoms with van der Waals surface area (Å²) in [6.07, 6.45) is 9.52. The first kappa shape index (κ1) is 28.8. The molecule has 1 heterocycles. The first-order chi connectivity index (χ1) is 19.0. The highest BCUT2D eigenvalue weighted by atomic mass is 19.2. The molecule has 0 radical (unpaired) electrons. The molecule has 0 amide bonds. The Bertz CT molecular complexity index is 1280. The predicted octanol–water partition coefficient (Wildman–Crippen LogP) is 9.34. The van der Waals surface area contributed by atoms with Gasteiger partial charge in [-0.05, 0) is 73.1 Å². The Morgan fingerprint density at radius 3 is 2.26 bits per heavy atom. The smallest absolute Gasteiger partial charge is 0.201 e. The lowest BCUT2D eigenvalue weighted by molar-refractivity contribution is 0.0129. The largest absolute Gasteiger partial charge is 0.491 e. The van der Waals surface area contributed by atoms with Crippen LogP contribution in [0.3, 0.4) is 0 Å². The minimum atomic E-state index is -1.01. The Morgan fingerprint density at radius 1 is 0.821 bits per heavy atom. The van der Waals surface area contributed by atoms with Crippen molar-refractivity contribution in [3.05, 3.63) is 77.6 Å². The van der Waals surface area contributed by atoms with Gasteiger partial charge < -0.3 is 9.47 Å². The SMILES string of the molecule is CCCCCCCC1CC[C@H](C#Cc2ccc(-c3ccc(-c4ccc(OCC)c(F)c4F)cc3)cc2F)OC1. The van der Waals surface area contributed by atoms with E-state index in [0.29, 0.717) is 22.6 Å². The van der Waals surface area contributed by atoms with Crippen LogP contribution < -0.4 is 4.74 Å². The van der Waals surface area contributed by atoms with Gasteiger partial charge in [-0.2, -0.15) is 4.39 Å². The third-order valence-corrected chi connectivity index (χ3v) is 7.30. The minimum Gasteiger partial charge on any atom is -0.491 e. The molecule has 0 spiro atoms. The van der Waals surface area contributed by atoms with Crippen molar-refractivity contribution in [2.45, 2.75) is 71.3 Å². The zero-order valence-electron chi connectivity index (χ0n) is 22.9. The first-order valence-corrected chi connectivity index (χ1v) is 14.1. The molecule has 0 aromatic heterocycles. The zero-order chi connectivity index (χ0) is 27.6. The number of ether oxygens (including phenoxy) is 2. The fraction of sp³-hybridized carbons (Fsp3) is 0.412. The van der Waals surface area contributed by atoms with Gasteiger partial charge in [0.05, 0.1) is 18.8 Å². The van der Waals surface area contributed by atoms with Gasteiger partial charge >= 0.3 is 0 Å². The summed E-state index contributed by atoms with van der Waals surface area (Å²) in [6, 6.07) is 14.8. The normalized spacial score (nSPS) is 16.9. The second-order valence-corrected chi connectivity index (χ2v) is 10.2. The fourth-order valence-electron chi connectivity index (χ4n) is 5.00. The lowest BCUT2D eigenvalue weighted by Crippen LogP contribution is -2.24. The average molecular weight is 535 g/mol. The molecular formula is C34H37F3O2. The third-order valence-electron chi connectivity index (χ3n) is 7.30. The Morgan fingerprint density at radius 2 is 1.56 bits per heavy atom. The zero-order valence-corrected chi connectivity index (χ0v) is 22.9. The predicted molar refractivity (Wildman–Crippen MR) is 151 cm³/mol.